The molecule has 0 fully saturated rings. The molecule has 0 spiro atoms. The third-order valence-corrected chi connectivity index (χ3v) is 3.82. The summed E-state index contributed by atoms with van der Waals surface area (Å²) in [6.07, 6.45) is 1.47. The van der Waals surface area contributed by atoms with Gasteiger partial charge in [-0.1, -0.05) is 20.8 Å². The van der Waals surface area contributed by atoms with Crippen LogP contribution in [0.4, 0.5) is 0 Å². The van der Waals surface area contributed by atoms with Gasteiger partial charge in [-0.15, -0.1) is 0 Å². The van der Waals surface area contributed by atoms with Crippen LogP contribution in [0.2, 0.25) is 0 Å². The van der Waals surface area contributed by atoms with E-state index >= 15 is 0 Å². The van der Waals surface area contributed by atoms with Gasteiger partial charge in [0.15, 0.2) is 0 Å². The fraction of sp³-hybridized carbons (Fsp3) is 0.375. The largest absolute Gasteiger partial charge is 0.492 e. The third-order valence-electron chi connectivity index (χ3n) is 3.23. The topological polar surface area (TPSA) is 64.1 Å². The molecule has 0 saturated carbocycles. The first-order valence-corrected chi connectivity index (χ1v) is 7.82. The Balaban J connectivity index is 2.72. The van der Waals surface area contributed by atoms with Crippen LogP contribution in [0.5, 0.6) is 5.75 Å². The van der Waals surface area contributed by atoms with Crippen molar-refractivity contribution in [2.75, 3.05) is 6.61 Å². The number of benzene rings is 1. The summed E-state index contributed by atoms with van der Waals surface area (Å²) >= 11 is 3.52. The van der Waals surface area contributed by atoms with E-state index in [1.165, 1.54) is 16.8 Å². The third kappa shape index (κ3) is 3.32. The first kappa shape index (κ1) is 16.5. The van der Waals surface area contributed by atoms with E-state index < -0.39 is 11.2 Å². The van der Waals surface area contributed by atoms with E-state index in [1.54, 1.807) is 6.07 Å². The zero-order valence-electron chi connectivity index (χ0n) is 13.1. The van der Waals surface area contributed by atoms with Crippen molar-refractivity contribution in [1.82, 2.24) is 9.55 Å². The average molecular weight is 367 g/mol. The van der Waals surface area contributed by atoms with E-state index in [0.29, 0.717) is 12.3 Å². The summed E-state index contributed by atoms with van der Waals surface area (Å²) < 4.78 is 7.92. The van der Waals surface area contributed by atoms with Gasteiger partial charge in [-0.3, -0.25) is 14.3 Å². The van der Waals surface area contributed by atoms with Crippen molar-refractivity contribution in [3.8, 4) is 11.4 Å². The lowest BCUT2D eigenvalue weighted by Crippen LogP contribution is -2.27. The van der Waals surface area contributed by atoms with E-state index in [1.807, 2.05) is 13.0 Å². The highest BCUT2D eigenvalue weighted by molar-refractivity contribution is 9.10. The number of halogens is 1. The molecule has 2 rings (SSSR count). The SMILES string of the molecule is CCOc1c(Br)cc(-n2ccc(=O)[nH]c2=O)cc1C(C)(C)C. The first-order chi connectivity index (χ1) is 10.2. The summed E-state index contributed by atoms with van der Waals surface area (Å²) in [6.45, 7) is 8.73. The zero-order valence-corrected chi connectivity index (χ0v) is 14.7. The van der Waals surface area contributed by atoms with Gasteiger partial charge in [0.25, 0.3) is 5.56 Å². The minimum atomic E-state index is -0.469. The van der Waals surface area contributed by atoms with Crippen LogP contribution in [0.3, 0.4) is 0 Å². The van der Waals surface area contributed by atoms with Crippen molar-refractivity contribution in [1.29, 1.82) is 0 Å². The summed E-state index contributed by atoms with van der Waals surface area (Å²) in [4.78, 5) is 25.5. The summed E-state index contributed by atoms with van der Waals surface area (Å²) in [7, 11) is 0. The van der Waals surface area contributed by atoms with Crippen LogP contribution in [0.15, 0.2) is 38.5 Å². The average Bonchev–Trinajstić information content (AvgIpc) is 2.39. The smallest absolute Gasteiger partial charge is 0.332 e. The van der Waals surface area contributed by atoms with Crippen molar-refractivity contribution in [2.24, 2.45) is 0 Å². The lowest BCUT2D eigenvalue weighted by Gasteiger charge is -2.24. The highest BCUT2D eigenvalue weighted by Crippen LogP contribution is 2.38. The number of hydrogen-bond acceptors (Lipinski definition) is 3. The second-order valence-corrected chi connectivity index (χ2v) is 6.82. The Morgan fingerprint density at radius 3 is 2.50 bits per heavy atom. The molecule has 1 aromatic carbocycles. The minimum Gasteiger partial charge on any atom is -0.492 e. The van der Waals surface area contributed by atoms with E-state index in [-0.39, 0.29) is 5.41 Å². The van der Waals surface area contributed by atoms with E-state index in [2.05, 4.69) is 41.7 Å². The summed E-state index contributed by atoms with van der Waals surface area (Å²) in [5.74, 6) is 0.774. The summed E-state index contributed by atoms with van der Waals surface area (Å²) in [5.41, 5.74) is 0.610. The van der Waals surface area contributed by atoms with Crippen molar-refractivity contribution < 1.29 is 4.74 Å². The Labute approximate surface area is 137 Å². The molecular weight excluding hydrogens is 348 g/mol. The van der Waals surface area contributed by atoms with Gasteiger partial charge in [-0.25, -0.2) is 4.79 Å². The second kappa shape index (κ2) is 6.12. The number of H-pyrrole nitrogens is 1. The minimum absolute atomic E-state index is 0.158. The van der Waals surface area contributed by atoms with E-state index in [4.69, 9.17) is 4.74 Å². The molecular formula is C16H19BrN2O3. The highest BCUT2D eigenvalue weighted by Gasteiger charge is 2.22. The van der Waals surface area contributed by atoms with Crippen LogP contribution in [0.1, 0.15) is 33.3 Å². The number of ether oxygens (including phenoxy) is 1. The molecule has 0 aliphatic rings. The molecule has 2 aromatic rings. The van der Waals surface area contributed by atoms with Crippen LogP contribution in [-0.4, -0.2) is 16.2 Å². The van der Waals surface area contributed by atoms with E-state index in [0.717, 1.165) is 15.8 Å². The fourth-order valence-electron chi connectivity index (χ4n) is 2.19. The molecule has 1 aromatic heterocycles. The predicted octanol–water partition coefficient (Wildman–Crippen LogP) is 2.98. The zero-order chi connectivity index (χ0) is 16.5. The van der Waals surface area contributed by atoms with Gasteiger partial charge >= 0.3 is 5.69 Å². The van der Waals surface area contributed by atoms with Gasteiger partial charge in [0.2, 0.25) is 0 Å². The molecule has 0 unspecified atom stereocenters. The Morgan fingerprint density at radius 2 is 1.95 bits per heavy atom. The Hall–Kier alpha value is -1.82. The molecule has 0 radical (unpaired) electrons. The normalized spacial score (nSPS) is 11.5. The Morgan fingerprint density at radius 1 is 1.27 bits per heavy atom. The number of rotatable bonds is 3. The molecule has 0 aliphatic heterocycles. The molecule has 0 saturated heterocycles. The van der Waals surface area contributed by atoms with Crippen molar-refractivity contribution in [3.05, 3.63) is 55.3 Å². The monoisotopic (exact) mass is 366 g/mol. The van der Waals surface area contributed by atoms with Crippen molar-refractivity contribution in [2.45, 2.75) is 33.1 Å². The molecule has 0 atom stereocenters. The van der Waals surface area contributed by atoms with Gasteiger partial charge < -0.3 is 4.74 Å². The molecule has 1 heterocycles. The number of hydrogen-bond donors (Lipinski definition) is 1. The number of aromatic amines is 1. The standard InChI is InChI=1S/C16H19BrN2O3/c1-5-22-14-11(16(2,3)4)8-10(9-12(14)17)19-7-6-13(20)18-15(19)21/h6-9H,5H2,1-4H3,(H,18,20,21). The van der Waals surface area contributed by atoms with Crippen molar-refractivity contribution in [3.63, 3.8) is 0 Å². The predicted molar refractivity (Wildman–Crippen MR) is 90.2 cm³/mol. The lowest BCUT2D eigenvalue weighted by atomic mass is 9.86. The molecule has 5 nitrogen and oxygen atoms in total. The van der Waals surface area contributed by atoms with Crippen LogP contribution < -0.4 is 16.0 Å². The first-order valence-electron chi connectivity index (χ1n) is 7.03. The van der Waals surface area contributed by atoms with Crippen LogP contribution in [0.25, 0.3) is 5.69 Å². The fourth-order valence-corrected chi connectivity index (χ4v) is 2.75. The number of nitrogens with one attached hydrogen (secondary N) is 1. The second-order valence-electron chi connectivity index (χ2n) is 5.97. The van der Waals surface area contributed by atoms with Crippen molar-refractivity contribution >= 4 is 15.9 Å². The number of aromatic nitrogens is 2. The summed E-state index contributed by atoms with van der Waals surface area (Å²) in [6, 6.07) is 5.04. The number of nitrogens with zero attached hydrogens (tertiary/aromatic N) is 1. The van der Waals surface area contributed by atoms with Gasteiger partial charge in [-0.05, 0) is 40.4 Å². The van der Waals surface area contributed by atoms with Gasteiger partial charge in [0.1, 0.15) is 5.75 Å². The maximum Gasteiger partial charge on any atom is 0.332 e. The maximum atomic E-state index is 12.0. The Bertz CT molecular complexity index is 800. The van der Waals surface area contributed by atoms with Gasteiger partial charge in [-0.2, -0.15) is 0 Å². The molecule has 118 valence electrons. The maximum absolute atomic E-state index is 12.0. The van der Waals surface area contributed by atoms with Crippen LogP contribution >= 0.6 is 15.9 Å². The molecule has 1 N–H and O–H groups in total. The molecule has 0 aliphatic carbocycles. The van der Waals surface area contributed by atoms with Crippen LogP contribution in [0, 0.1) is 0 Å². The lowest BCUT2D eigenvalue weighted by molar-refractivity contribution is 0.327. The van der Waals surface area contributed by atoms with E-state index in [9.17, 15) is 9.59 Å². The van der Waals surface area contributed by atoms with Gasteiger partial charge in [0, 0.05) is 17.8 Å². The molecule has 0 bridgehead atoms. The summed E-state index contributed by atoms with van der Waals surface area (Å²) in [5, 5.41) is 0. The Kier molecular flexibility index (Phi) is 4.60. The highest BCUT2D eigenvalue weighted by atomic mass is 79.9. The molecule has 6 heteroatoms. The molecule has 22 heavy (non-hydrogen) atoms. The quantitative estimate of drug-likeness (QED) is 0.907. The molecule has 0 amide bonds. The van der Waals surface area contributed by atoms with Gasteiger partial charge in [0.05, 0.1) is 16.8 Å². The van der Waals surface area contributed by atoms with Crippen LogP contribution in [-0.2, 0) is 5.41 Å².